The second-order valence-corrected chi connectivity index (χ2v) is 5.76. The molecule has 0 fully saturated rings. The zero-order chi connectivity index (χ0) is 14.5. The zero-order valence-corrected chi connectivity index (χ0v) is 13.6. The lowest BCUT2D eigenvalue weighted by Gasteiger charge is -2.22. The monoisotopic (exact) mass is 333 g/mol. The van der Waals surface area contributed by atoms with Crippen LogP contribution in [0.3, 0.4) is 0 Å². The third-order valence-electron chi connectivity index (χ3n) is 3.49. The van der Waals surface area contributed by atoms with Gasteiger partial charge in [-0.1, -0.05) is 46.3 Å². The molecule has 1 unspecified atom stereocenters. The highest BCUT2D eigenvalue weighted by Crippen LogP contribution is 2.26. The lowest BCUT2D eigenvalue weighted by atomic mass is 10.0. The summed E-state index contributed by atoms with van der Waals surface area (Å²) in [5, 5.41) is 3.62. The first-order valence-electron chi connectivity index (χ1n) is 6.76. The van der Waals surface area contributed by atoms with Crippen LogP contribution in [0.4, 0.5) is 0 Å². The minimum absolute atomic E-state index is 0.280. The summed E-state index contributed by atoms with van der Waals surface area (Å²) >= 11 is 3.61. The van der Waals surface area contributed by atoms with Gasteiger partial charge in [-0.25, -0.2) is 0 Å². The number of hydrogen-bond donors (Lipinski definition) is 1. The predicted molar refractivity (Wildman–Crippen MR) is 87.1 cm³/mol. The van der Waals surface area contributed by atoms with Gasteiger partial charge in [-0.15, -0.1) is 0 Å². The van der Waals surface area contributed by atoms with E-state index >= 15 is 0 Å². The van der Waals surface area contributed by atoms with Crippen LogP contribution in [0.5, 0.6) is 5.75 Å². The van der Waals surface area contributed by atoms with E-state index in [0.717, 1.165) is 10.2 Å². The van der Waals surface area contributed by atoms with Crippen LogP contribution >= 0.6 is 15.9 Å². The predicted octanol–water partition coefficient (Wildman–Crippen LogP) is 4.87. The number of benzene rings is 2. The Bertz CT molecular complexity index is 553. The van der Waals surface area contributed by atoms with Crippen LogP contribution < -0.4 is 10.1 Å². The quantitative estimate of drug-likeness (QED) is 0.842. The lowest BCUT2D eigenvalue weighted by Crippen LogP contribution is -2.22. The molecule has 0 spiro atoms. The minimum atomic E-state index is 0.280. The van der Waals surface area contributed by atoms with E-state index in [0.29, 0.717) is 0 Å². The molecular formula is C17H20BrNO. The fourth-order valence-electron chi connectivity index (χ4n) is 2.28. The molecule has 3 heteroatoms. The molecule has 0 aliphatic rings. The molecule has 0 aliphatic heterocycles. The van der Waals surface area contributed by atoms with Gasteiger partial charge in [0.1, 0.15) is 5.75 Å². The Labute approximate surface area is 129 Å². The second-order valence-electron chi connectivity index (χ2n) is 4.90. The summed E-state index contributed by atoms with van der Waals surface area (Å²) in [5.41, 5.74) is 2.53. The molecule has 0 radical (unpaired) electrons. The van der Waals surface area contributed by atoms with E-state index < -0.39 is 0 Å². The van der Waals surface area contributed by atoms with Crippen molar-refractivity contribution in [3.05, 3.63) is 64.1 Å². The summed E-state index contributed by atoms with van der Waals surface area (Å²) < 4.78 is 6.33. The average molecular weight is 334 g/mol. The minimum Gasteiger partial charge on any atom is -0.497 e. The van der Waals surface area contributed by atoms with E-state index in [4.69, 9.17) is 4.74 Å². The molecule has 2 nitrogen and oxygen atoms in total. The molecule has 0 saturated carbocycles. The van der Waals surface area contributed by atoms with Gasteiger partial charge >= 0.3 is 0 Å². The summed E-state index contributed by atoms with van der Waals surface area (Å²) in [6.07, 6.45) is 0. The Morgan fingerprint density at radius 2 is 1.60 bits per heavy atom. The number of ether oxygens (including phenoxy) is 1. The molecule has 2 atom stereocenters. The van der Waals surface area contributed by atoms with Crippen molar-refractivity contribution in [1.29, 1.82) is 0 Å². The number of hydrogen-bond acceptors (Lipinski definition) is 2. The highest BCUT2D eigenvalue weighted by molar-refractivity contribution is 9.10. The van der Waals surface area contributed by atoms with Gasteiger partial charge < -0.3 is 10.1 Å². The Hall–Kier alpha value is -1.32. The third kappa shape index (κ3) is 3.62. The smallest absolute Gasteiger partial charge is 0.118 e. The Morgan fingerprint density at radius 1 is 0.950 bits per heavy atom. The molecule has 106 valence electrons. The van der Waals surface area contributed by atoms with Crippen LogP contribution in [0.2, 0.25) is 0 Å². The van der Waals surface area contributed by atoms with E-state index in [1.807, 2.05) is 18.2 Å². The number of methoxy groups -OCH3 is 1. The van der Waals surface area contributed by atoms with Gasteiger partial charge in [0.05, 0.1) is 7.11 Å². The fraction of sp³-hybridized carbons (Fsp3) is 0.294. The molecular weight excluding hydrogens is 314 g/mol. The van der Waals surface area contributed by atoms with E-state index in [9.17, 15) is 0 Å². The Morgan fingerprint density at radius 3 is 2.20 bits per heavy atom. The van der Waals surface area contributed by atoms with Gasteiger partial charge in [0.2, 0.25) is 0 Å². The molecule has 0 aromatic heterocycles. The molecule has 0 aliphatic carbocycles. The van der Waals surface area contributed by atoms with Crippen molar-refractivity contribution in [2.45, 2.75) is 25.9 Å². The summed E-state index contributed by atoms with van der Waals surface area (Å²) in [6, 6.07) is 17.1. The van der Waals surface area contributed by atoms with E-state index in [1.165, 1.54) is 11.1 Å². The first-order chi connectivity index (χ1) is 9.61. The molecule has 2 aromatic rings. The van der Waals surface area contributed by atoms with Gasteiger partial charge in [-0.3, -0.25) is 0 Å². The molecule has 2 aromatic carbocycles. The topological polar surface area (TPSA) is 21.3 Å². The van der Waals surface area contributed by atoms with E-state index in [1.54, 1.807) is 7.11 Å². The largest absolute Gasteiger partial charge is 0.497 e. The van der Waals surface area contributed by atoms with Gasteiger partial charge in [-0.2, -0.15) is 0 Å². The van der Waals surface area contributed by atoms with E-state index in [2.05, 4.69) is 65.4 Å². The van der Waals surface area contributed by atoms with Crippen molar-refractivity contribution in [2.24, 2.45) is 0 Å². The number of halogens is 1. The van der Waals surface area contributed by atoms with Crippen LogP contribution in [0.1, 0.15) is 37.1 Å². The number of rotatable bonds is 5. The van der Waals surface area contributed by atoms with Crippen LogP contribution in [-0.4, -0.2) is 7.11 Å². The maximum atomic E-state index is 5.19. The fourth-order valence-corrected chi connectivity index (χ4v) is 2.91. The molecule has 20 heavy (non-hydrogen) atoms. The highest BCUT2D eigenvalue weighted by Gasteiger charge is 2.13. The Kier molecular flexibility index (Phi) is 5.21. The summed E-state index contributed by atoms with van der Waals surface area (Å²) in [6.45, 7) is 4.36. The molecule has 0 amide bonds. The highest BCUT2D eigenvalue weighted by atomic mass is 79.9. The van der Waals surface area contributed by atoms with Crippen LogP contribution in [-0.2, 0) is 0 Å². The van der Waals surface area contributed by atoms with Gasteiger partial charge in [0, 0.05) is 16.6 Å². The first-order valence-corrected chi connectivity index (χ1v) is 7.55. The van der Waals surface area contributed by atoms with Crippen LogP contribution in [0.25, 0.3) is 0 Å². The van der Waals surface area contributed by atoms with Crippen molar-refractivity contribution < 1.29 is 4.74 Å². The SMILES string of the molecule is COc1ccc([C@H](C)NC(C)c2ccccc2Br)cc1. The summed E-state index contributed by atoms with van der Waals surface area (Å²) in [5.74, 6) is 0.889. The summed E-state index contributed by atoms with van der Waals surface area (Å²) in [4.78, 5) is 0. The Balaban J connectivity index is 2.06. The van der Waals surface area contributed by atoms with Crippen LogP contribution in [0, 0.1) is 0 Å². The molecule has 0 heterocycles. The first kappa shape index (κ1) is 15.1. The summed E-state index contributed by atoms with van der Waals surface area (Å²) in [7, 11) is 1.69. The maximum absolute atomic E-state index is 5.19. The standard InChI is InChI=1S/C17H20BrNO/c1-12(14-8-10-15(20-3)11-9-14)19-13(2)16-6-4-5-7-17(16)18/h4-13,19H,1-3H3/t12-,13?/m0/s1. The number of nitrogens with one attached hydrogen (secondary N) is 1. The average Bonchev–Trinajstić information content (AvgIpc) is 2.47. The van der Waals surface area contributed by atoms with Crippen molar-refractivity contribution in [2.75, 3.05) is 7.11 Å². The van der Waals surface area contributed by atoms with Gasteiger partial charge in [0.25, 0.3) is 0 Å². The second kappa shape index (κ2) is 6.91. The molecule has 0 saturated heterocycles. The van der Waals surface area contributed by atoms with Gasteiger partial charge in [0.15, 0.2) is 0 Å². The van der Waals surface area contributed by atoms with E-state index in [-0.39, 0.29) is 12.1 Å². The van der Waals surface area contributed by atoms with Crippen molar-refractivity contribution >= 4 is 15.9 Å². The lowest BCUT2D eigenvalue weighted by molar-refractivity contribution is 0.414. The molecule has 1 N–H and O–H groups in total. The van der Waals surface area contributed by atoms with Crippen molar-refractivity contribution in [1.82, 2.24) is 5.32 Å². The molecule has 2 rings (SSSR count). The normalized spacial score (nSPS) is 13.8. The van der Waals surface area contributed by atoms with Crippen molar-refractivity contribution in [3.63, 3.8) is 0 Å². The van der Waals surface area contributed by atoms with Crippen molar-refractivity contribution in [3.8, 4) is 5.75 Å². The van der Waals surface area contributed by atoms with Crippen LogP contribution in [0.15, 0.2) is 53.0 Å². The third-order valence-corrected chi connectivity index (χ3v) is 4.21. The zero-order valence-electron chi connectivity index (χ0n) is 12.1. The maximum Gasteiger partial charge on any atom is 0.118 e. The van der Waals surface area contributed by atoms with Gasteiger partial charge in [-0.05, 0) is 43.2 Å². The molecule has 0 bridgehead atoms.